The molecule has 1 aliphatic heterocycles. The molecule has 0 aliphatic carbocycles. The lowest BCUT2D eigenvalue weighted by Crippen LogP contribution is -2.29. The Morgan fingerprint density at radius 1 is 1.05 bits per heavy atom. The summed E-state index contributed by atoms with van der Waals surface area (Å²) in [5.41, 5.74) is 4.02. The Bertz CT molecular complexity index is 642. The van der Waals surface area contributed by atoms with Gasteiger partial charge in [0.25, 0.3) is 0 Å². The number of fused-ring (bicyclic) bond motifs is 1. The van der Waals surface area contributed by atoms with E-state index >= 15 is 0 Å². The van der Waals surface area contributed by atoms with Crippen molar-refractivity contribution in [3.63, 3.8) is 0 Å². The number of aryl methyl sites for hydroxylation is 2. The highest BCUT2D eigenvalue weighted by Crippen LogP contribution is 2.29. The minimum Gasteiger partial charge on any atom is -0.489 e. The number of nitrogens with one attached hydrogen (secondary N) is 2. The predicted octanol–water partition coefficient (Wildman–Crippen LogP) is 3.69. The highest BCUT2D eigenvalue weighted by atomic mass is 19.1. The van der Waals surface area contributed by atoms with Gasteiger partial charge in [-0.2, -0.15) is 0 Å². The van der Waals surface area contributed by atoms with E-state index in [-0.39, 0.29) is 12.0 Å². The molecule has 3 rings (SSSR count). The standard InChI is InChI=1S/C16H17FN2O/c1-10-3-6-15(11(2)7-10)20-9-16-18-13-5-4-12(17)8-14(13)19-16/h3-8,16,18-19H,9H2,1-2H3. The van der Waals surface area contributed by atoms with Gasteiger partial charge in [-0.05, 0) is 43.7 Å². The Balaban J connectivity index is 1.63. The molecule has 20 heavy (non-hydrogen) atoms. The first-order chi connectivity index (χ1) is 9.61. The maximum atomic E-state index is 13.1. The summed E-state index contributed by atoms with van der Waals surface area (Å²) >= 11 is 0. The number of benzene rings is 2. The fourth-order valence-corrected chi connectivity index (χ4v) is 2.39. The normalized spacial score (nSPS) is 16.2. The molecule has 0 saturated heterocycles. The second-order valence-electron chi connectivity index (χ2n) is 5.11. The van der Waals surface area contributed by atoms with E-state index in [1.54, 1.807) is 6.07 Å². The first kappa shape index (κ1) is 12.8. The van der Waals surface area contributed by atoms with Crippen molar-refractivity contribution >= 4 is 11.4 Å². The van der Waals surface area contributed by atoms with Crippen LogP contribution in [0.25, 0.3) is 0 Å². The first-order valence-electron chi connectivity index (χ1n) is 6.64. The van der Waals surface area contributed by atoms with Crippen LogP contribution in [0.15, 0.2) is 36.4 Å². The van der Waals surface area contributed by atoms with Gasteiger partial charge < -0.3 is 15.4 Å². The fraction of sp³-hybridized carbons (Fsp3) is 0.250. The number of hydrogen-bond donors (Lipinski definition) is 2. The molecule has 2 aromatic rings. The van der Waals surface area contributed by atoms with Gasteiger partial charge in [-0.25, -0.2) is 4.39 Å². The van der Waals surface area contributed by atoms with Crippen LogP contribution >= 0.6 is 0 Å². The Hall–Kier alpha value is -2.23. The predicted molar refractivity (Wildman–Crippen MR) is 78.8 cm³/mol. The van der Waals surface area contributed by atoms with Crippen molar-refractivity contribution in [2.24, 2.45) is 0 Å². The van der Waals surface area contributed by atoms with E-state index < -0.39 is 0 Å². The summed E-state index contributed by atoms with van der Waals surface area (Å²) in [6.45, 7) is 4.56. The zero-order valence-electron chi connectivity index (χ0n) is 11.5. The SMILES string of the molecule is Cc1ccc(OCC2Nc3ccc(F)cc3N2)c(C)c1. The molecule has 2 N–H and O–H groups in total. The summed E-state index contributed by atoms with van der Waals surface area (Å²) in [4.78, 5) is 0. The molecule has 1 unspecified atom stereocenters. The third-order valence-corrected chi connectivity index (χ3v) is 3.38. The number of ether oxygens (including phenoxy) is 1. The number of rotatable bonds is 3. The van der Waals surface area contributed by atoms with Gasteiger partial charge in [0.1, 0.15) is 24.3 Å². The van der Waals surface area contributed by atoms with E-state index in [2.05, 4.69) is 23.6 Å². The van der Waals surface area contributed by atoms with E-state index in [0.717, 1.165) is 22.7 Å². The van der Waals surface area contributed by atoms with Crippen LogP contribution in [0.1, 0.15) is 11.1 Å². The monoisotopic (exact) mass is 272 g/mol. The zero-order valence-corrected chi connectivity index (χ0v) is 11.5. The van der Waals surface area contributed by atoms with Gasteiger partial charge in [0.15, 0.2) is 0 Å². The molecule has 1 atom stereocenters. The highest BCUT2D eigenvalue weighted by Gasteiger charge is 2.20. The van der Waals surface area contributed by atoms with Crippen molar-refractivity contribution in [1.82, 2.24) is 0 Å². The second kappa shape index (κ2) is 5.04. The van der Waals surface area contributed by atoms with Crippen LogP contribution in [-0.4, -0.2) is 12.8 Å². The molecule has 0 fully saturated rings. The number of halogens is 1. The van der Waals surface area contributed by atoms with E-state index in [9.17, 15) is 4.39 Å². The Labute approximate surface area is 117 Å². The molecular formula is C16H17FN2O. The van der Waals surface area contributed by atoms with Gasteiger partial charge in [0, 0.05) is 0 Å². The van der Waals surface area contributed by atoms with Crippen LogP contribution < -0.4 is 15.4 Å². The largest absolute Gasteiger partial charge is 0.489 e. The van der Waals surface area contributed by atoms with Crippen LogP contribution in [0.4, 0.5) is 15.8 Å². The molecule has 1 aliphatic rings. The van der Waals surface area contributed by atoms with Crippen LogP contribution in [0.2, 0.25) is 0 Å². The molecule has 0 spiro atoms. The van der Waals surface area contributed by atoms with Crippen LogP contribution in [0.5, 0.6) is 5.75 Å². The molecule has 4 heteroatoms. The molecule has 1 heterocycles. The minimum atomic E-state index is -0.242. The Morgan fingerprint density at radius 2 is 1.85 bits per heavy atom. The highest BCUT2D eigenvalue weighted by molar-refractivity contribution is 5.74. The van der Waals surface area contributed by atoms with Crippen molar-refractivity contribution in [3.8, 4) is 5.75 Å². The van der Waals surface area contributed by atoms with Gasteiger partial charge in [-0.3, -0.25) is 0 Å². The summed E-state index contributed by atoms with van der Waals surface area (Å²) in [5.74, 6) is 0.635. The second-order valence-corrected chi connectivity index (χ2v) is 5.11. The van der Waals surface area contributed by atoms with Crippen LogP contribution in [-0.2, 0) is 0 Å². The summed E-state index contributed by atoms with van der Waals surface area (Å²) < 4.78 is 18.9. The quantitative estimate of drug-likeness (QED) is 0.894. The van der Waals surface area contributed by atoms with Gasteiger partial charge in [0.2, 0.25) is 0 Å². The molecule has 104 valence electrons. The fourth-order valence-electron chi connectivity index (χ4n) is 2.39. The smallest absolute Gasteiger partial charge is 0.132 e. The molecule has 0 amide bonds. The van der Waals surface area contributed by atoms with Crippen molar-refractivity contribution in [2.75, 3.05) is 17.2 Å². The molecule has 0 bridgehead atoms. The molecular weight excluding hydrogens is 255 g/mol. The van der Waals surface area contributed by atoms with E-state index in [1.165, 1.54) is 17.7 Å². The number of anilines is 2. The van der Waals surface area contributed by atoms with Gasteiger partial charge in [-0.1, -0.05) is 17.7 Å². The number of hydrogen-bond acceptors (Lipinski definition) is 3. The summed E-state index contributed by atoms with van der Waals surface area (Å²) in [7, 11) is 0. The lowest BCUT2D eigenvalue weighted by molar-refractivity contribution is 0.306. The first-order valence-corrected chi connectivity index (χ1v) is 6.64. The van der Waals surface area contributed by atoms with Crippen molar-refractivity contribution < 1.29 is 9.13 Å². The average Bonchev–Trinajstić information content (AvgIpc) is 2.79. The van der Waals surface area contributed by atoms with Crippen LogP contribution in [0, 0.1) is 19.7 Å². The van der Waals surface area contributed by atoms with E-state index in [1.807, 2.05) is 19.1 Å². The Kier molecular flexibility index (Phi) is 3.22. The van der Waals surface area contributed by atoms with Crippen molar-refractivity contribution in [1.29, 1.82) is 0 Å². The molecule has 0 aromatic heterocycles. The third-order valence-electron chi connectivity index (χ3n) is 3.38. The third kappa shape index (κ3) is 2.54. The maximum absolute atomic E-state index is 13.1. The summed E-state index contributed by atoms with van der Waals surface area (Å²) in [6, 6.07) is 10.8. The van der Waals surface area contributed by atoms with Gasteiger partial charge in [-0.15, -0.1) is 0 Å². The van der Waals surface area contributed by atoms with Crippen molar-refractivity contribution in [2.45, 2.75) is 20.0 Å². The maximum Gasteiger partial charge on any atom is 0.132 e. The van der Waals surface area contributed by atoms with Crippen molar-refractivity contribution in [3.05, 3.63) is 53.3 Å². The lowest BCUT2D eigenvalue weighted by atomic mass is 10.1. The zero-order chi connectivity index (χ0) is 14.1. The lowest BCUT2D eigenvalue weighted by Gasteiger charge is -2.15. The Morgan fingerprint density at radius 3 is 2.65 bits per heavy atom. The molecule has 0 radical (unpaired) electrons. The summed E-state index contributed by atoms with van der Waals surface area (Å²) in [6.07, 6.45) is -0.0486. The summed E-state index contributed by atoms with van der Waals surface area (Å²) in [5, 5.41) is 6.46. The van der Waals surface area contributed by atoms with E-state index in [4.69, 9.17) is 4.74 Å². The molecule has 0 saturated carbocycles. The minimum absolute atomic E-state index is 0.0486. The topological polar surface area (TPSA) is 33.3 Å². The average molecular weight is 272 g/mol. The van der Waals surface area contributed by atoms with Gasteiger partial charge >= 0.3 is 0 Å². The van der Waals surface area contributed by atoms with Gasteiger partial charge in [0.05, 0.1) is 11.4 Å². The van der Waals surface area contributed by atoms with Crippen LogP contribution in [0.3, 0.4) is 0 Å². The van der Waals surface area contributed by atoms with E-state index in [0.29, 0.717) is 6.61 Å². The molecule has 3 nitrogen and oxygen atoms in total. The molecule has 2 aromatic carbocycles.